The van der Waals surface area contributed by atoms with E-state index >= 15 is 0 Å². The standard InChI is InChI=1S/C22H24O4/c1-25-21(23)17-9-5-3-7-13-19-15-11-12-16-20(19)14-8-4-6-10-18-22(24)26-2/h3-4,9,11-17H,5-6,10,18H2,1-2H3/b17-9+. The Balaban J connectivity index is 2.62. The number of unbranched alkanes of at least 4 members (excludes halogenated alkanes) is 1. The molecule has 1 aromatic carbocycles. The summed E-state index contributed by atoms with van der Waals surface area (Å²) in [6.45, 7) is 0. The smallest absolute Gasteiger partial charge is 0.330 e. The number of esters is 2. The zero-order valence-electron chi connectivity index (χ0n) is 15.2. The van der Waals surface area contributed by atoms with Crippen LogP contribution < -0.4 is 0 Å². The van der Waals surface area contributed by atoms with Crippen molar-refractivity contribution in [1.82, 2.24) is 0 Å². The third-order valence-corrected chi connectivity index (χ3v) is 3.38. The first-order valence-corrected chi connectivity index (χ1v) is 8.39. The number of methoxy groups -OCH3 is 2. The van der Waals surface area contributed by atoms with Gasteiger partial charge in [0.15, 0.2) is 0 Å². The molecule has 0 fully saturated rings. The topological polar surface area (TPSA) is 52.6 Å². The van der Waals surface area contributed by atoms with Crippen LogP contribution in [0.5, 0.6) is 0 Å². The second kappa shape index (κ2) is 13.3. The van der Waals surface area contributed by atoms with Gasteiger partial charge in [0, 0.05) is 12.5 Å². The van der Waals surface area contributed by atoms with Crippen LogP contribution in [-0.4, -0.2) is 26.2 Å². The molecule has 1 aromatic rings. The van der Waals surface area contributed by atoms with E-state index in [0.717, 1.165) is 24.0 Å². The summed E-state index contributed by atoms with van der Waals surface area (Å²) in [6.07, 6.45) is 13.2. The summed E-state index contributed by atoms with van der Waals surface area (Å²) in [4.78, 5) is 22.0. The van der Waals surface area contributed by atoms with Crippen LogP contribution in [0.4, 0.5) is 0 Å². The molecule has 0 N–H and O–H groups in total. The van der Waals surface area contributed by atoms with Crippen LogP contribution in [0.1, 0.15) is 36.8 Å². The van der Waals surface area contributed by atoms with E-state index in [9.17, 15) is 9.59 Å². The Hall–Kier alpha value is -3.06. The van der Waals surface area contributed by atoms with Gasteiger partial charge in [-0.05, 0) is 54.7 Å². The van der Waals surface area contributed by atoms with Crippen molar-refractivity contribution in [3.05, 3.63) is 71.2 Å². The normalized spacial score (nSPS) is 9.62. The van der Waals surface area contributed by atoms with E-state index in [1.54, 1.807) is 6.08 Å². The van der Waals surface area contributed by atoms with Crippen LogP contribution in [0, 0.1) is 0 Å². The number of carbonyl (C=O) groups is 2. The van der Waals surface area contributed by atoms with Gasteiger partial charge in [-0.1, -0.05) is 30.3 Å². The Bertz CT molecular complexity index is 743. The fourth-order valence-electron chi connectivity index (χ4n) is 1.97. The highest BCUT2D eigenvalue weighted by Crippen LogP contribution is 2.12. The first-order chi connectivity index (χ1) is 12.7. The Kier molecular flexibility index (Phi) is 10.7. The maximum atomic E-state index is 11.0. The molecule has 0 amide bonds. The van der Waals surface area contributed by atoms with Crippen molar-refractivity contribution in [2.45, 2.75) is 25.7 Å². The molecule has 0 aliphatic rings. The minimum Gasteiger partial charge on any atom is -0.469 e. The molecule has 4 heteroatoms. The minimum atomic E-state index is -0.365. The molecule has 0 saturated carbocycles. The van der Waals surface area contributed by atoms with Gasteiger partial charge in [-0.25, -0.2) is 4.79 Å². The average Bonchev–Trinajstić information content (AvgIpc) is 2.67. The fraction of sp³-hybridized carbons (Fsp3) is 0.273. The molecule has 1 rings (SSSR count). The van der Waals surface area contributed by atoms with Gasteiger partial charge in [0.2, 0.25) is 0 Å². The lowest BCUT2D eigenvalue weighted by Crippen LogP contribution is -1.98. The van der Waals surface area contributed by atoms with Crippen LogP contribution in [0.25, 0.3) is 12.2 Å². The molecule has 0 bridgehead atoms. The summed E-state index contributed by atoms with van der Waals surface area (Å²) in [7, 11) is 2.74. The lowest BCUT2D eigenvalue weighted by Gasteiger charge is -1.97. The van der Waals surface area contributed by atoms with Gasteiger partial charge in [0.05, 0.1) is 14.2 Å². The van der Waals surface area contributed by atoms with Crippen LogP contribution in [-0.2, 0) is 19.1 Å². The van der Waals surface area contributed by atoms with Crippen LogP contribution in [0.15, 0.2) is 60.0 Å². The molecule has 0 unspecified atom stereocenters. The molecular formula is C22H24O4. The van der Waals surface area contributed by atoms with E-state index in [0.29, 0.717) is 12.8 Å². The van der Waals surface area contributed by atoms with E-state index in [4.69, 9.17) is 0 Å². The molecule has 0 saturated heterocycles. The van der Waals surface area contributed by atoms with Gasteiger partial charge in [-0.3, -0.25) is 4.79 Å². The molecule has 0 aliphatic carbocycles. The number of carbonyl (C=O) groups excluding carboxylic acids is 2. The Morgan fingerprint density at radius 1 is 1.00 bits per heavy atom. The molecule has 4 nitrogen and oxygen atoms in total. The quantitative estimate of drug-likeness (QED) is 0.284. The summed E-state index contributed by atoms with van der Waals surface area (Å²) in [5.41, 5.74) is 8.30. The molecule has 26 heavy (non-hydrogen) atoms. The van der Waals surface area contributed by atoms with Crippen molar-refractivity contribution in [2.24, 2.45) is 0 Å². The zero-order valence-corrected chi connectivity index (χ0v) is 15.2. The number of benzene rings is 1. The van der Waals surface area contributed by atoms with E-state index in [1.165, 1.54) is 20.3 Å². The molecule has 0 atom stereocenters. The lowest BCUT2D eigenvalue weighted by molar-refractivity contribution is -0.140. The van der Waals surface area contributed by atoms with Gasteiger partial charge < -0.3 is 9.47 Å². The molecular weight excluding hydrogens is 328 g/mol. The van der Waals surface area contributed by atoms with Crippen molar-refractivity contribution in [1.29, 1.82) is 0 Å². The van der Waals surface area contributed by atoms with Crippen molar-refractivity contribution >= 4 is 24.1 Å². The van der Waals surface area contributed by atoms with E-state index in [2.05, 4.69) is 20.9 Å². The highest BCUT2D eigenvalue weighted by atomic mass is 16.5. The van der Waals surface area contributed by atoms with Crippen molar-refractivity contribution in [3.8, 4) is 0 Å². The third kappa shape index (κ3) is 9.29. The Morgan fingerprint density at radius 3 is 2.27 bits per heavy atom. The highest BCUT2D eigenvalue weighted by Gasteiger charge is 1.97. The second-order valence-corrected chi connectivity index (χ2v) is 5.29. The van der Waals surface area contributed by atoms with E-state index in [1.807, 2.05) is 48.6 Å². The average molecular weight is 352 g/mol. The van der Waals surface area contributed by atoms with Crippen LogP contribution in [0.2, 0.25) is 0 Å². The molecule has 0 aliphatic heterocycles. The molecule has 0 heterocycles. The van der Waals surface area contributed by atoms with E-state index < -0.39 is 0 Å². The summed E-state index contributed by atoms with van der Waals surface area (Å²) in [5, 5.41) is 0. The van der Waals surface area contributed by atoms with Gasteiger partial charge >= 0.3 is 11.9 Å². The number of allylic oxidation sites excluding steroid dienone is 3. The number of rotatable bonds is 9. The van der Waals surface area contributed by atoms with E-state index in [-0.39, 0.29) is 11.9 Å². The molecule has 136 valence electrons. The molecule has 0 radical (unpaired) electrons. The van der Waals surface area contributed by atoms with Gasteiger partial charge in [0.25, 0.3) is 0 Å². The Morgan fingerprint density at radius 2 is 1.65 bits per heavy atom. The minimum absolute atomic E-state index is 0.189. The Labute approximate surface area is 154 Å². The molecule has 0 spiro atoms. The zero-order chi connectivity index (χ0) is 19.0. The second-order valence-electron chi connectivity index (χ2n) is 5.29. The van der Waals surface area contributed by atoms with Gasteiger partial charge in [-0.2, -0.15) is 0 Å². The summed E-state index contributed by atoms with van der Waals surface area (Å²) in [6, 6.07) is 7.92. The van der Waals surface area contributed by atoms with Gasteiger partial charge in [0.1, 0.15) is 0 Å². The summed E-state index contributed by atoms with van der Waals surface area (Å²) < 4.78 is 9.12. The summed E-state index contributed by atoms with van der Waals surface area (Å²) in [5.74, 6) is -0.553. The third-order valence-electron chi connectivity index (χ3n) is 3.38. The SMILES string of the molecule is COC(=O)/C=C/CC=C=Cc1ccccc1C=C=CCCCC(=O)OC. The maximum Gasteiger partial charge on any atom is 0.330 e. The fourth-order valence-corrected chi connectivity index (χ4v) is 1.97. The predicted molar refractivity (Wildman–Crippen MR) is 103 cm³/mol. The van der Waals surface area contributed by atoms with Crippen molar-refractivity contribution in [3.63, 3.8) is 0 Å². The maximum absolute atomic E-state index is 11.0. The largest absolute Gasteiger partial charge is 0.469 e. The van der Waals surface area contributed by atoms with Gasteiger partial charge in [-0.15, -0.1) is 11.5 Å². The number of ether oxygens (including phenoxy) is 2. The number of hydrogen-bond donors (Lipinski definition) is 0. The first-order valence-electron chi connectivity index (χ1n) is 8.39. The highest BCUT2D eigenvalue weighted by molar-refractivity contribution is 5.81. The lowest BCUT2D eigenvalue weighted by atomic mass is 10.1. The first kappa shape index (κ1) is 21.0. The van der Waals surface area contributed by atoms with Crippen molar-refractivity contribution < 1.29 is 19.1 Å². The van der Waals surface area contributed by atoms with Crippen molar-refractivity contribution in [2.75, 3.05) is 14.2 Å². The molecule has 0 aromatic heterocycles. The number of hydrogen-bond acceptors (Lipinski definition) is 4. The summed E-state index contributed by atoms with van der Waals surface area (Å²) >= 11 is 0. The van der Waals surface area contributed by atoms with Crippen LogP contribution in [0.3, 0.4) is 0 Å². The predicted octanol–water partition coefficient (Wildman–Crippen LogP) is 4.49. The monoisotopic (exact) mass is 352 g/mol. The van der Waals surface area contributed by atoms with Crippen LogP contribution >= 0.6 is 0 Å².